The summed E-state index contributed by atoms with van der Waals surface area (Å²) in [5, 5.41) is 0. The molecule has 1 amide bonds. The molecule has 1 saturated carbocycles. The van der Waals surface area contributed by atoms with Gasteiger partial charge in [-0.1, -0.05) is 18.2 Å². The largest absolute Gasteiger partial charge is 0.496 e. The summed E-state index contributed by atoms with van der Waals surface area (Å²) >= 11 is 0. The monoisotopic (exact) mass is 436 g/mol. The van der Waals surface area contributed by atoms with E-state index in [4.69, 9.17) is 19.0 Å². The maximum absolute atomic E-state index is 12.5. The maximum atomic E-state index is 12.5. The van der Waals surface area contributed by atoms with Gasteiger partial charge in [-0.2, -0.15) is 0 Å². The van der Waals surface area contributed by atoms with Crippen LogP contribution in [0, 0.1) is 0 Å². The Bertz CT molecular complexity index is 962. The minimum Gasteiger partial charge on any atom is -0.446 e. The van der Waals surface area contributed by atoms with Crippen molar-refractivity contribution in [3.8, 4) is 0 Å². The van der Waals surface area contributed by atoms with E-state index >= 15 is 0 Å². The molecule has 6 nitrogen and oxygen atoms in total. The molecule has 0 N–H and O–H groups in total. The SMILES string of the molecule is CC1(C)OB(c2cnc3c(c2)C(C2=CCN(C(=O)OC4CCCC4)CC2)=CC3)OC1(C)C. The smallest absolute Gasteiger partial charge is 0.446 e. The van der Waals surface area contributed by atoms with Gasteiger partial charge in [0.2, 0.25) is 0 Å². The van der Waals surface area contributed by atoms with E-state index in [0.717, 1.165) is 55.2 Å². The summed E-state index contributed by atoms with van der Waals surface area (Å²) in [7, 11) is -0.416. The van der Waals surface area contributed by atoms with Crippen LogP contribution in [0.5, 0.6) is 0 Å². The number of carbonyl (C=O) groups excluding carboxylic acids is 1. The van der Waals surface area contributed by atoms with Crippen molar-refractivity contribution in [2.24, 2.45) is 0 Å². The van der Waals surface area contributed by atoms with Crippen molar-refractivity contribution in [3.05, 3.63) is 41.2 Å². The van der Waals surface area contributed by atoms with Crippen molar-refractivity contribution >= 4 is 24.2 Å². The Morgan fingerprint density at radius 1 is 1.16 bits per heavy atom. The average molecular weight is 436 g/mol. The first-order valence-corrected chi connectivity index (χ1v) is 11.9. The summed E-state index contributed by atoms with van der Waals surface area (Å²) < 4.78 is 18.1. The van der Waals surface area contributed by atoms with Gasteiger partial charge in [-0.3, -0.25) is 4.98 Å². The Balaban J connectivity index is 1.29. The second kappa shape index (κ2) is 8.03. The first-order chi connectivity index (χ1) is 15.2. The second-order valence-corrected chi connectivity index (χ2v) is 10.4. The Morgan fingerprint density at radius 2 is 1.88 bits per heavy atom. The number of fused-ring (bicyclic) bond motifs is 1. The molecule has 7 heteroatoms. The fourth-order valence-electron chi connectivity index (χ4n) is 4.93. The highest BCUT2D eigenvalue weighted by atomic mass is 16.7. The molecule has 0 aromatic carbocycles. The van der Waals surface area contributed by atoms with Gasteiger partial charge in [-0.15, -0.1) is 0 Å². The molecule has 32 heavy (non-hydrogen) atoms. The number of hydrogen-bond acceptors (Lipinski definition) is 5. The van der Waals surface area contributed by atoms with Gasteiger partial charge in [-0.25, -0.2) is 4.79 Å². The van der Waals surface area contributed by atoms with Crippen LogP contribution in [-0.2, 0) is 20.5 Å². The maximum Gasteiger partial charge on any atom is 0.496 e. The highest BCUT2D eigenvalue weighted by Gasteiger charge is 2.52. The summed E-state index contributed by atoms with van der Waals surface area (Å²) in [6, 6.07) is 2.17. The van der Waals surface area contributed by atoms with E-state index in [1.165, 1.54) is 11.1 Å². The number of rotatable bonds is 3. The number of ether oxygens (including phenoxy) is 1. The fraction of sp³-hybridized carbons (Fsp3) is 0.600. The molecule has 2 aliphatic heterocycles. The Labute approximate surface area is 191 Å². The fourth-order valence-corrected chi connectivity index (χ4v) is 4.93. The molecule has 170 valence electrons. The van der Waals surface area contributed by atoms with Crippen LogP contribution in [0.25, 0.3) is 5.57 Å². The van der Waals surface area contributed by atoms with E-state index in [0.29, 0.717) is 13.1 Å². The molecular weight excluding hydrogens is 403 g/mol. The zero-order valence-electron chi connectivity index (χ0n) is 19.6. The normalized spacial score (nSPS) is 24.4. The standard InChI is InChI=1S/C25H33BN2O4/c1-24(2)25(3,4)32-26(31-24)18-15-21-20(9-10-22(21)27-16-18)17-11-13-28(14-12-17)23(29)30-19-7-5-6-8-19/h9,11,15-16,19H,5-8,10,12-14H2,1-4H3. The van der Waals surface area contributed by atoms with Gasteiger partial charge >= 0.3 is 13.2 Å². The van der Waals surface area contributed by atoms with Crippen LogP contribution in [0.15, 0.2) is 30.0 Å². The number of amides is 1. The zero-order chi connectivity index (χ0) is 22.5. The third-order valence-electron chi connectivity index (χ3n) is 7.69. The molecule has 2 aliphatic carbocycles. The number of aromatic nitrogens is 1. The van der Waals surface area contributed by atoms with Gasteiger partial charge in [0.15, 0.2) is 0 Å². The van der Waals surface area contributed by atoms with E-state index in [-0.39, 0.29) is 23.4 Å². The number of nitrogens with zero attached hydrogens (tertiary/aromatic N) is 2. The molecule has 1 aromatic heterocycles. The molecule has 0 bridgehead atoms. The molecule has 0 unspecified atom stereocenters. The first kappa shape index (κ1) is 21.7. The predicted octanol–water partition coefficient (Wildman–Crippen LogP) is 4.03. The molecule has 1 saturated heterocycles. The lowest BCUT2D eigenvalue weighted by atomic mass is 9.78. The number of pyridine rings is 1. The zero-order valence-corrected chi connectivity index (χ0v) is 19.6. The van der Waals surface area contributed by atoms with E-state index in [9.17, 15) is 4.79 Å². The van der Waals surface area contributed by atoms with Crippen LogP contribution in [0.4, 0.5) is 4.79 Å². The highest BCUT2D eigenvalue weighted by Crippen LogP contribution is 2.38. The lowest BCUT2D eigenvalue weighted by molar-refractivity contribution is 0.00578. The molecule has 3 heterocycles. The van der Waals surface area contributed by atoms with E-state index < -0.39 is 7.12 Å². The Hall–Kier alpha value is -2.12. The number of allylic oxidation sites excluding steroid dienone is 2. The Morgan fingerprint density at radius 3 is 2.53 bits per heavy atom. The van der Waals surface area contributed by atoms with Crippen molar-refractivity contribution in [2.75, 3.05) is 13.1 Å². The van der Waals surface area contributed by atoms with Crippen molar-refractivity contribution in [2.45, 2.75) is 83.5 Å². The molecule has 0 atom stereocenters. The molecule has 0 radical (unpaired) electrons. The van der Waals surface area contributed by atoms with Gasteiger partial charge in [-0.05, 0) is 70.9 Å². The van der Waals surface area contributed by atoms with Gasteiger partial charge < -0.3 is 18.9 Å². The van der Waals surface area contributed by atoms with Gasteiger partial charge in [0.25, 0.3) is 0 Å². The van der Waals surface area contributed by atoms with Crippen LogP contribution < -0.4 is 5.46 Å². The van der Waals surface area contributed by atoms with Crippen LogP contribution in [0.1, 0.15) is 71.1 Å². The predicted molar refractivity (Wildman–Crippen MR) is 125 cm³/mol. The van der Waals surface area contributed by atoms with Gasteiger partial charge in [0.05, 0.1) is 16.9 Å². The molecule has 5 rings (SSSR count). The third kappa shape index (κ3) is 3.90. The highest BCUT2D eigenvalue weighted by molar-refractivity contribution is 6.62. The molecule has 1 aromatic rings. The van der Waals surface area contributed by atoms with Crippen LogP contribution >= 0.6 is 0 Å². The van der Waals surface area contributed by atoms with Crippen molar-refractivity contribution in [3.63, 3.8) is 0 Å². The summed E-state index contributed by atoms with van der Waals surface area (Å²) in [6.07, 6.45) is 12.2. The summed E-state index contributed by atoms with van der Waals surface area (Å²) in [5.41, 5.74) is 4.95. The second-order valence-electron chi connectivity index (χ2n) is 10.4. The molecule has 2 fully saturated rings. The van der Waals surface area contributed by atoms with E-state index in [1.54, 1.807) is 0 Å². The summed E-state index contributed by atoms with van der Waals surface area (Å²) in [6.45, 7) is 9.54. The van der Waals surface area contributed by atoms with Crippen molar-refractivity contribution in [1.82, 2.24) is 9.88 Å². The van der Waals surface area contributed by atoms with Crippen LogP contribution in [0.3, 0.4) is 0 Å². The van der Waals surface area contributed by atoms with E-state index in [1.807, 2.05) is 11.1 Å². The Kier molecular flexibility index (Phi) is 5.45. The number of carbonyl (C=O) groups is 1. The lowest BCUT2D eigenvalue weighted by Gasteiger charge is -2.32. The van der Waals surface area contributed by atoms with E-state index in [2.05, 4.69) is 45.9 Å². The minimum atomic E-state index is -0.416. The molecule has 4 aliphatic rings. The minimum absolute atomic E-state index is 0.108. The van der Waals surface area contributed by atoms with Crippen molar-refractivity contribution in [1.29, 1.82) is 0 Å². The third-order valence-corrected chi connectivity index (χ3v) is 7.69. The van der Waals surface area contributed by atoms with Crippen LogP contribution in [0.2, 0.25) is 0 Å². The first-order valence-electron chi connectivity index (χ1n) is 11.9. The lowest BCUT2D eigenvalue weighted by Crippen LogP contribution is -2.41. The summed E-state index contributed by atoms with van der Waals surface area (Å²) in [4.78, 5) is 19.0. The van der Waals surface area contributed by atoms with Gasteiger partial charge in [0.1, 0.15) is 6.10 Å². The van der Waals surface area contributed by atoms with Crippen molar-refractivity contribution < 1.29 is 18.8 Å². The molecular formula is C25H33BN2O4. The van der Waals surface area contributed by atoms with Crippen LogP contribution in [-0.4, -0.2) is 53.5 Å². The topological polar surface area (TPSA) is 60.9 Å². The number of hydrogen-bond donors (Lipinski definition) is 0. The quantitative estimate of drug-likeness (QED) is 0.670. The van der Waals surface area contributed by atoms with Gasteiger partial charge in [0, 0.05) is 36.7 Å². The average Bonchev–Trinajstić information content (AvgIpc) is 3.46. The summed E-state index contributed by atoms with van der Waals surface area (Å²) in [5.74, 6) is 0. The molecule has 0 spiro atoms.